The monoisotopic (exact) mass is 672 g/mol. The molecule has 1 aliphatic heterocycles. The number of halogens is 1. The highest BCUT2D eigenvalue weighted by Crippen LogP contribution is 2.44. The number of aliphatic hydroxyl groups excluding tert-OH is 1. The van der Waals surface area contributed by atoms with E-state index in [4.69, 9.17) is 25.8 Å². The number of carboxylic acid groups (broad SMARTS) is 1. The van der Waals surface area contributed by atoms with Gasteiger partial charge >= 0.3 is 5.97 Å². The van der Waals surface area contributed by atoms with Gasteiger partial charge in [0.1, 0.15) is 17.4 Å². The number of hydrogen-bond donors (Lipinski definition) is 4. The Hall–Kier alpha value is -4.19. The van der Waals surface area contributed by atoms with Crippen molar-refractivity contribution >= 4 is 17.6 Å². The van der Waals surface area contributed by atoms with Crippen molar-refractivity contribution in [2.45, 2.75) is 44.1 Å². The van der Waals surface area contributed by atoms with Crippen LogP contribution in [0.25, 0.3) is 22.3 Å². The Morgan fingerprint density at radius 2 is 1.83 bits per heavy atom. The van der Waals surface area contributed by atoms with Gasteiger partial charge in [0.25, 0.3) is 0 Å². The SMILES string of the molecule is COc1cc(-c2cccc(-c3cccc4c3CC[C@@H]4Oc3ccc(CNC(C)(CO)C(=O)O)c(OC)n3)c2Cl)ccc1C1NCCN1C. The molecule has 2 heterocycles. The van der Waals surface area contributed by atoms with Gasteiger partial charge < -0.3 is 24.4 Å². The molecule has 2 unspecified atom stereocenters. The van der Waals surface area contributed by atoms with E-state index in [-0.39, 0.29) is 18.8 Å². The van der Waals surface area contributed by atoms with Crippen molar-refractivity contribution in [2.75, 3.05) is 41.0 Å². The van der Waals surface area contributed by atoms with Gasteiger partial charge in [-0.15, -0.1) is 0 Å². The van der Waals surface area contributed by atoms with Gasteiger partial charge in [-0.2, -0.15) is 4.98 Å². The zero-order valence-corrected chi connectivity index (χ0v) is 28.3. The van der Waals surface area contributed by atoms with Crippen LogP contribution in [0.3, 0.4) is 0 Å². The summed E-state index contributed by atoms with van der Waals surface area (Å²) in [4.78, 5) is 18.4. The van der Waals surface area contributed by atoms with Gasteiger partial charge in [-0.3, -0.25) is 20.3 Å². The second kappa shape index (κ2) is 14.1. The maximum Gasteiger partial charge on any atom is 0.326 e. The fourth-order valence-electron chi connectivity index (χ4n) is 6.53. The minimum absolute atomic E-state index is 0.108. The van der Waals surface area contributed by atoms with Crippen LogP contribution in [-0.4, -0.2) is 72.6 Å². The number of nitrogens with one attached hydrogen (secondary N) is 2. The van der Waals surface area contributed by atoms with Crippen LogP contribution in [-0.2, 0) is 17.8 Å². The third kappa shape index (κ3) is 6.46. The van der Waals surface area contributed by atoms with Gasteiger partial charge in [-0.05, 0) is 61.2 Å². The first-order valence-corrected chi connectivity index (χ1v) is 16.4. The number of pyridine rings is 1. The summed E-state index contributed by atoms with van der Waals surface area (Å²) >= 11 is 7.19. The lowest BCUT2D eigenvalue weighted by Gasteiger charge is -2.24. The summed E-state index contributed by atoms with van der Waals surface area (Å²) in [5.41, 5.74) is 6.47. The van der Waals surface area contributed by atoms with Gasteiger partial charge in [0, 0.05) is 48.0 Å². The van der Waals surface area contributed by atoms with Gasteiger partial charge in [-0.1, -0.05) is 60.1 Å². The van der Waals surface area contributed by atoms with Crippen molar-refractivity contribution in [3.05, 3.63) is 94.0 Å². The molecule has 3 atom stereocenters. The Labute approximate surface area is 285 Å². The van der Waals surface area contributed by atoms with Crippen molar-refractivity contribution in [1.82, 2.24) is 20.5 Å². The molecule has 1 fully saturated rings. The molecule has 0 bridgehead atoms. The molecule has 0 saturated carbocycles. The van der Waals surface area contributed by atoms with E-state index in [9.17, 15) is 15.0 Å². The second-order valence-corrected chi connectivity index (χ2v) is 12.8. The average molecular weight is 673 g/mol. The maximum atomic E-state index is 11.6. The highest BCUT2D eigenvalue weighted by Gasteiger charge is 2.32. The Kier molecular flexibility index (Phi) is 9.91. The number of aliphatic hydroxyl groups is 1. The van der Waals surface area contributed by atoms with Crippen LogP contribution in [0, 0.1) is 0 Å². The van der Waals surface area contributed by atoms with Gasteiger partial charge in [0.2, 0.25) is 11.8 Å². The quantitative estimate of drug-likeness (QED) is 0.151. The number of aromatic nitrogens is 1. The first kappa shape index (κ1) is 33.7. The summed E-state index contributed by atoms with van der Waals surface area (Å²) in [7, 11) is 5.31. The Balaban J connectivity index is 1.24. The predicted molar refractivity (Wildman–Crippen MR) is 185 cm³/mol. The molecule has 0 radical (unpaired) electrons. The van der Waals surface area contributed by atoms with Crippen molar-refractivity contribution in [1.29, 1.82) is 0 Å². The largest absolute Gasteiger partial charge is 0.496 e. The number of nitrogens with zero attached hydrogens (tertiary/aromatic N) is 2. The zero-order valence-electron chi connectivity index (χ0n) is 27.5. The average Bonchev–Trinajstić information content (AvgIpc) is 3.72. The molecule has 4 aromatic rings. The molecule has 0 spiro atoms. The minimum Gasteiger partial charge on any atom is -0.496 e. The maximum absolute atomic E-state index is 11.6. The second-order valence-electron chi connectivity index (χ2n) is 12.4. The number of carboxylic acids is 1. The molecule has 4 N–H and O–H groups in total. The summed E-state index contributed by atoms with van der Waals surface area (Å²) in [6.45, 7) is 2.92. The molecule has 2 aliphatic rings. The fourth-order valence-corrected chi connectivity index (χ4v) is 6.87. The van der Waals surface area contributed by atoms with E-state index in [1.165, 1.54) is 19.6 Å². The molecule has 6 rings (SSSR count). The lowest BCUT2D eigenvalue weighted by Crippen LogP contribution is -2.52. The number of rotatable bonds is 12. The van der Waals surface area contributed by atoms with Crippen molar-refractivity contribution < 1.29 is 29.2 Å². The summed E-state index contributed by atoms with van der Waals surface area (Å²) in [6, 6.07) is 22.2. The smallest absolute Gasteiger partial charge is 0.326 e. The van der Waals surface area contributed by atoms with Crippen LogP contribution in [0.2, 0.25) is 5.02 Å². The first-order chi connectivity index (χ1) is 23.2. The molecule has 48 heavy (non-hydrogen) atoms. The zero-order chi connectivity index (χ0) is 34.0. The first-order valence-electron chi connectivity index (χ1n) is 16.0. The van der Waals surface area contributed by atoms with Gasteiger partial charge in [0.05, 0.1) is 32.0 Å². The number of aliphatic carboxylic acids is 1. The summed E-state index contributed by atoms with van der Waals surface area (Å²) in [5, 5.41) is 26.1. The Morgan fingerprint density at radius 1 is 1.06 bits per heavy atom. The molecule has 0 amide bonds. The molecule has 1 aliphatic carbocycles. The van der Waals surface area contributed by atoms with Crippen molar-refractivity contribution in [3.8, 4) is 39.8 Å². The molecular formula is C37H41ClN4O6. The summed E-state index contributed by atoms with van der Waals surface area (Å²) < 4.78 is 17.7. The lowest BCUT2D eigenvalue weighted by molar-refractivity contribution is -0.145. The number of hydrogen-bond acceptors (Lipinski definition) is 9. The van der Waals surface area contributed by atoms with E-state index in [0.29, 0.717) is 22.3 Å². The highest BCUT2D eigenvalue weighted by atomic mass is 35.5. The molecule has 252 valence electrons. The number of ether oxygens (including phenoxy) is 3. The summed E-state index contributed by atoms with van der Waals surface area (Å²) in [6.07, 6.45) is 1.48. The van der Waals surface area contributed by atoms with Crippen LogP contribution >= 0.6 is 11.6 Å². The van der Waals surface area contributed by atoms with Crippen LogP contribution in [0.1, 0.15) is 47.9 Å². The topological polar surface area (TPSA) is 125 Å². The molecular weight excluding hydrogens is 632 g/mol. The van der Waals surface area contributed by atoms with Crippen molar-refractivity contribution in [3.63, 3.8) is 0 Å². The molecule has 1 saturated heterocycles. The van der Waals surface area contributed by atoms with E-state index in [2.05, 4.69) is 64.0 Å². The predicted octanol–water partition coefficient (Wildman–Crippen LogP) is 5.61. The van der Waals surface area contributed by atoms with Gasteiger partial charge in [0.15, 0.2) is 0 Å². The molecule has 3 aromatic carbocycles. The molecule has 10 nitrogen and oxygen atoms in total. The molecule has 1 aromatic heterocycles. The fraction of sp³-hybridized carbons (Fsp3) is 0.351. The van der Waals surface area contributed by atoms with Gasteiger partial charge in [-0.25, -0.2) is 0 Å². The third-order valence-corrected chi connectivity index (χ3v) is 9.82. The number of methoxy groups -OCH3 is 2. The van der Waals surface area contributed by atoms with E-state index in [1.54, 1.807) is 19.2 Å². The third-order valence-electron chi connectivity index (χ3n) is 9.41. The van der Waals surface area contributed by atoms with Crippen LogP contribution < -0.4 is 24.8 Å². The standard InChI is InChI=1S/C37H41ClN4O6/c1-37(21-43,36(44)45)40-20-23-12-16-32(41-35(23)47-4)48-30-15-14-26-25(8-6-9-27(26)30)28-10-5-7-24(33(28)38)22-11-13-29(31(19-22)46-3)34-39-17-18-42(34)2/h5-13,16,19,30,34,39-40,43H,14-15,17-18,20-21H2,1-4H3,(H,44,45)/t30-,34?,37?/m0/s1. The lowest BCUT2D eigenvalue weighted by atomic mass is 9.93. The number of benzene rings is 3. The van der Waals surface area contributed by atoms with E-state index in [0.717, 1.165) is 65.1 Å². The van der Waals surface area contributed by atoms with E-state index >= 15 is 0 Å². The molecule has 11 heteroatoms. The number of carbonyl (C=O) groups is 1. The van der Waals surface area contributed by atoms with Crippen LogP contribution in [0.15, 0.2) is 66.7 Å². The number of fused-ring (bicyclic) bond motifs is 1. The highest BCUT2D eigenvalue weighted by molar-refractivity contribution is 6.36. The Bertz CT molecular complexity index is 1820. The van der Waals surface area contributed by atoms with Crippen molar-refractivity contribution in [2.24, 2.45) is 0 Å². The van der Waals surface area contributed by atoms with E-state index < -0.39 is 18.1 Å². The number of likely N-dealkylation sites (N-methyl/N-ethyl adjacent to an activating group) is 1. The summed E-state index contributed by atoms with van der Waals surface area (Å²) in [5.74, 6) is 0.388. The van der Waals surface area contributed by atoms with E-state index in [1.807, 2.05) is 18.2 Å². The normalized spacial score (nSPS) is 18.7. The van der Waals surface area contributed by atoms with Crippen LogP contribution in [0.5, 0.6) is 17.5 Å². The minimum atomic E-state index is -1.49. The van der Waals surface area contributed by atoms with Crippen LogP contribution in [0.4, 0.5) is 0 Å². The Morgan fingerprint density at radius 3 is 2.54 bits per heavy atom.